The van der Waals surface area contributed by atoms with Gasteiger partial charge in [-0.1, -0.05) is 12.1 Å². The van der Waals surface area contributed by atoms with E-state index in [1.807, 2.05) is 0 Å². The van der Waals surface area contributed by atoms with Crippen LogP contribution in [0.25, 0.3) is 0 Å². The van der Waals surface area contributed by atoms with Gasteiger partial charge in [0.15, 0.2) is 0 Å². The highest BCUT2D eigenvalue weighted by atomic mass is 19.4. The number of aryl methyl sites for hydroxylation is 1. The maximum absolute atomic E-state index is 14.0. The minimum atomic E-state index is -5.28. The van der Waals surface area contributed by atoms with Crippen LogP contribution >= 0.6 is 0 Å². The molecule has 1 aromatic heterocycles. The number of pyridine rings is 1. The Labute approximate surface area is 157 Å². The number of rotatable bonds is 5. The molecule has 0 saturated carbocycles. The van der Waals surface area contributed by atoms with Gasteiger partial charge in [0.1, 0.15) is 11.6 Å². The number of alkyl halides is 3. The van der Waals surface area contributed by atoms with Crippen LogP contribution in [0, 0.1) is 12.7 Å². The molecule has 28 heavy (non-hydrogen) atoms. The highest BCUT2D eigenvalue weighted by Crippen LogP contribution is 2.40. The number of amides is 2. The van der Waals surface area contributed by atoms with Gasteiger partial charge in [-0.3, -0.25) is 5.32 Å². The Morgan fingerprint density at radius 3 is 2.32 bits per heavy atom. The average molecular weight is 399 g/mol. The monoisotopic (exact) mass is 399 g/mol. The number of urea groups is 1. The number of hydrogen-bond donors (Lipinski definition) is 2. The molecule has 150 valence electrons. The van der Waals surface area contributed by atoms with Crippen molar-refractivity contribution in [2.24, 2.45) is 0 Å². The summed E-state index contributed by atoms with van der Waals surface area (Å²) in [5.41, 5.74) is -3.53. The van der Waals surface area contributed by atoms with Crippen LogP contribution in [0.1, 0.15) is 18.1 Å². The summed E-state index contributed by atoms with van der Waals surface area (Å²) in [6.07, 6.45) is -3.93. The van der Waals surface area contributed by atoms with E-state index in [2.05, 4.69) is 15.0 Å². The fourth-order valence-corrected chi connectivity index (χ4v) is 2.45. The van der Waals surface area contributed by atoms with Crippen LogP contribution in [0.15, 0.2) is 42.6 Å². The molecule has 2 amide bonds. The van der Waals surface area contributed by atoms with E-state index in [0.717, 1.165) is 24.3 Å². The van der Waals surface area contributed by atoms with Crippen molar-refractivity contribution < 1.29 is 31.9 Å². The summed E-state index contributed by atoms with van der Waals surface area (Å²) in [7, 11) is 0. The standard InChI is InChI=1S/C18H17F4N3O3/c1-3-28-15(26)17(18(20,21)22,12-4-6-13(19)7-5-12)25-16(27)24-14-10-11(2)8-9-23-14/h4-10H,3H2,1-2H3,(H2,23,24,25,27). The fourth-order valence-electron chi connectivity index (χ4n) is 2.45. The summed E-state index contributed by atoms with van der Waals surface area (Å²) in [5, 5.41) is 3.79. The van der Waals surface area contributed by atoms with Gasteiger partial charge < -0.3 is 10.1 Å². The largest absolute Gasteiger partial charge is 0.464 e. The third-order valence-corrected chi connectivity index (χ3v) is 3.74. The molecule has 0 saturated heterocycles. The normalized spacial score (nSPS) is 13.4. The van der Waals surface area contributed by atoms with Crippen LogP contribution in [-0.4, -0.2) is 29.8 Å². The smallest absolute Gasteiger partial charge is 0.426 e. The number of nitrogens with one attached hydrogen (secondary N) is 2. The number of hydrogen-bond acceptors (Lipinski definition) is 4. The average Bonchev–Trinajstić information content (AvgIpc) is 2.59. The SMILES string of the molecule is CCOC(=O)C(NC(=O)Nc1cc(C)ccn1)(c1ccc(F)cc1)C(F)(F)F. The minimum Gasteiger partial charge on any atom is -0.464 e. The molecule has 0 aliphatic rings. The highest BCUT2D eigenvalue weighted by Gasteiger charge is 2.64. The Balaban J connectivity index is 2.48. The van der Waals surface area contributed by atoms with Crippen LogP contribution in [0.4, 0.5) is 28.2 Å². The van der Waals surface area contributed by atoms with Crippen LogP contribution in [0.5, 0.6) is 0 Å². The van der Waals surface area contributed by atoms with Crippen molar-refractivity contribution in [1.29, 1.82) is 0 Å². The predicted molar refractivity (Wildman–Crippen MR) is 91.9 cm³/mol. The van der Waals surface area contributed by atoms with Gasteiger partial charge >= 0.3 is 18.2 Å². The number of aromatic nitrogens is 1. The molecule has 2 N–H and O–H groups in total. The molecule has 0 aliphatic carbocycles. The van der Waals surface area contributed by atoms with E-state index >= 15 is 0 Å². The van der Waals surface area contributed by atoms with Crippen molar-refractivity contribution in [1.82, 2.24) is 10.3 Å². The first kappa shape index (κ1) is 21.1. The van der Waals surface area contributed by atoms with Crippen molar-refractivity contribution in [3.8, 4) is 0 Å². The summed E-state index contributed by atoms with van der Waals surface area (Å²) in [4.78, 5) is 28.5. The van der Waals surface area contributed by atoms with Crippen molar-refractivity contribution in [2.45, 2.75) is 25.6 Å². The number of ether oxygens (including phenoxy) is 1. The number of halogens is 4. The van der Waals surface area contributed by atoms with Gasteiger partial charge in [-0.2, -0.15) is 13.2 Å². The van der Waals surface area contributed by atoms with Crippen molar-refractivity contribution >= 4 is 17.8 Å². The molecule has 1 aromatic carbocycles. The number of nitrogens with zero attached hydrogens (tertiary/aromatic N) is 1. The molecular weight excluding hydrogens is 382 g/mol. The van der Waals surface area contributed by atoms with E-state index in [-0.39, 0.29) is 12.4 Å². The van der Waals surface area contributed by atoms with Crippen LogP contribution in [0.2, 0.25) is 0 Å². The molecule has 2 rings (SSSR count). The van der Waals surface area contributed by atoms with Gasteiger partial charge in [-0.05, 0) is 49.2 Å². The maximum Gasteiger partial charge on any atom is 0.426 e. The quantitative estimate of drug-likeness (QED) is 0.594. The summed E-state index contributed by atoms with van der Waals surface area (Å²) < 4.78 is 59.9. The predicted octanol–water partition coefficient (Wildman–Crippen LogP) is 3.67. The Bertz CT molecular complexity index is 856. The second kappa shape index (κ2) is 8.24. The molecule has 1 unspecified atom stereocenters. The molecule has 10 heteroatoms. The number of carbonyl (C=O) groups is 2. The van der Waals surface area contributed by atoms with Crippen LogP contribution in [-0.2, 0) is 15.1 Å². The molecule has 0 spiro atoms. The van der Waals surface area contributed by atoms with E-state index in [1.54, 1.807) is 18.3 Å². The second-order valence-corrected chi connectivity index (χ2v) is 5.77. The van der Waals surface area contributed by atoms with E-state index in [4.69, 9.17) is 0 Å². The molecule has 0 radical (unpaired) electrons. The first-order valence-corrected chi connectivity index (χ1v) is 8.12. The zero-order valence-electron chi connectivity index (χ0n) is 14.9. The maximum atomic E-state index is 14.0. The first-order valence-electron chi connectivity index (χ1n) is 8.12. The van der Waals surface area contributed by atoms with Gasteiger partial charge in [0.25, 0.3) is 5.54 Å². The lowest BCUT2D eigenvalue weighted by molar-refractivity contribution is -0.213. The van der Waals surface area contributed by atoms with Gasteiger partial charge in [0.05, 0.1) is 6.61 Å². The van der Waals surface area contributed by atoms with Gasteiger partial charge in [0.2, 0.25) is 0 Å². The zero-order valence-corrected chi connectivity index (χ0v) is 14.9. The molecule has 0 aliphatic heterocycles. The van der Waals surface area contributed by atoms with Crippen LogP contribution < -0.4 is 10.6 Å². The molecule has 1 atom stereocenters. The van der Waals surface area contributed by atoms with Crippen molar-refractivity contribution in [3.63, 3.8) is 0 Å². The van der Waals surface area contributed by atoms with E-state index in [9.17, 15) is 27.2 Å². The third kappa shape index (κ3) is 4.38. The lowest BCUT2D eigenvalue weighted by Gasteiger charge is -2.34. The number of carbonyl (C=O) groups excluding carboxylic acids is 2. The highest BCUT2D eigenvalue weighted by molar-refractivity contribution is 5.95. The number of esters is 1. The lowest BCUT2D eigenvalue weighted by atomic mass is 9.89. The van der Waals surface area contributed by atoms with E-state index in [1.165, 1.54) is 19.2 Å². The Kier molecular flexibility index (Phi) is 6.22. The minimum absolute atomic E-state index is 0.0171. The fraction of sp³-hybridized carbons (Fsp3) is 0.278. The van der Waals surface area contributed by atoms with Crippen molar-refractivity contribution in [3.05, 3.63) is 59.5 Å². The molecular formula is C18H17F4N3O3. The Morgan fingerprint density at radius 2 is 1.79 bits per heavy atom. The van der Waals surface area contributed by atoms with Crippen molar-refractivity contribution in [2.75, 3.05) is 11.9 Å². The lowest BCUT2D eigenvalue weighted by Crippen LogP contribution is -2.62. The molecule has 1 heterocycles. The second-order valence-electron chi connectivity index (χ2n) is 5.77. The van der Waals surface area contributed by atoms with Crippen LogP contribution in [0.3, 0.4) is 0 Å². The molecule has 0 fully saturated rings. The first-order chi connectivity index (χ1) is 13.1. The summed E-state index contributed by atoms with van der Waals surface area (Å²) in [5.74, 6) is -2.57. The van der Waals surface area contributed by atoms with E-state index < -0.39 is 35.1 Å². The molecule has 0 bridgehead atoms. The Morgan fingerprint density at radius 1 is 1.14 bits per heavy atom. The molecule has 6 nitrogen and oxygen atoms in total. The van der Waals surface area contributed by atoms with E-state index in [0.29, 0.717) is 5.56 Å². The topological polar surface area (TPSA) is 80.3 Å². The third-order valence-electron chi connectivity index (χ3n) is 3.74. The summed E-state index contributed by atoms with van der Waals surface area (Å²) in [6, 6.07) is 4.72. The van der Waals surface area contributed by atoms with Gasteiger partial charge in [0, 0.05) is 6.20 Å². The Hall–Kier alpha value is -3.17. The van der Waals surface area contributed by atoms with Gasteiger partial charge in [-0.25, -0.2) is 19.0 Å². The number of benzene rings is 1. The molecule has 2 aromatic rings. The zero-order chi connectivity index (χ0) is 20.9. The number of anilines is 1. The summed E-state index contributed by atoms with van der Waals surface area (Å²) >= 11 is 0. The van der Waals surface area contributed by atoms with Gasteiger partial charge in [-0.15, -0.1) is 0 Å². The summed E-state index contributed by atoms with van der Waals surface area (Å²) in [6.45, 7) is 2.66.